The first-order valence-electron chi connectivity index (χ1n) is 6.79. The molecule has 19 heavy (non-hydrogen) atoms. The predicted octanol–water partition coefficient (Wildman–Crippen LogP) is 2.51. The first kappa shape index (κ1) is 12.6. The molecule has 0 bridgehead atoms. The third kappa shape index (κ3) is 2.37. The summed E-state index contributed by atoms with van der Waals surface area (Å²) in [5.74, 6) is -0.941. The second-order valence-electron chi connectivity index (χ2n) is 5.82. The van der Waals surface area contributed by atoms with E-state index in [-0.39, 0.29) is 17.2 Å². The predicted molar refractivity (Wildman–Crippen MR) is 69.1 cm³/mol. The zero-order chi connectivity index (χ0) is 13.5. The Morgan fingerprint density at radius 3 is 2.63 bits per heavy atom. The average Bonchev–Trinajstić information content (AvgIpc) is 3.10. The van der Waals surface area contributed by atoms with E-state index in [1.807, 2.05) is 12.1 Å². The highest BCUT2D eigenvalue weighted by molar-refractivity contribution is 5.74. The summed E-state index contributed by atoms with van der Waals surface area (Å²) in [6.07, 6.45) is 2.69. The Bertz CT molecular complexity index is 495. The van der Waals surface area contributed by atoms with Crippen LogP contribution in [0.15, 0.2) is 24.3 Å². The molecule has 1 heterocycles. The number of benzene rings is 1. The number of nitrogens with zero attached hydrogens (tertiary/aromatic N) is 1. The lowest BCUT2D eigenvalue weighted by atomic mass is 9.90. The van der Waals surface area contributed by atoms with Crippen LogP contribution in [0, 0.1) is 17.2 Å². The monoisotopic (exact) mass is 263 g/mol. The number of carboxylic acid groups (broad SMARTS) is 1. The second-order valence-corrected chi connectivity index (χ2v) is 5.82. The summed E-state index contributed by atoms with van der Waals surface area (Å²) in [6, 6.07) is 6.86. The van der Waals surface area contributed by atoms with Gasteiger partial charge in [-0.2, -0.15) is 0 Å². The molecule has 1 saturated carbocycles. The number of carbonyl (C=O) groups is 1. The smallest absolute Gasteiger partial charge is 0.307 e. The van der Waals surface area contributed by atoms with Gasteiger partial charge in [0.2, 0.25) is 0 Å². The highest BCUT2D eigenvalue weighted by Crippen LogP contribution is 2.59. The van der Waals surface area contributed by atoms with E-state index >= 15 is 0 Å². The number of aliphatic carboxylic acids is 1. The van der Waals surface area contributed by atoms with Crippen LogP contribution in [-0.2, 0) is 11.3 Å². The average molecular weight is 263 g/mol. The number of likely N-dealkylation sites (tertiary alicyclic amines) is 1. The van der Waals surface area contributed by atoms with Crippen molar-refractivity contribution >= 4 is 5.97 Å². The maximum Gasteiger partial charge on any atom is 0.307 e. The van der Waals surface area contributed by atoms with Crippen molar-refractivity contribution in [3.8, 4) is 0 Å². The Labute approximate surface area is 112 Å². The van der Waals surface area contributed by atoms with Crippen LogP contribution < -0.4 is 0 Å². The van der Waals surface area contributed by atoms with Crippen LogP contribution >= 0.6 is 0 Å². The van der Waals surface area contributed by atoms with Crippen LogP contribution in [0.2, 0.25) is 0 Å². The third-order valence-electron chi connectivity index (χ3n) is 4.69. The van der Waals surface area contributed by atoms with Gasteiger partial charge in [-0.25, -0.2) is 4.39 Å². The van der Waals surface area contributed by atoms with E-state index in [0.29, 0.717) is 6.54 Å². The van der Waals surface area contributed by atoms with Crippen molar-refractivity contribution in [1.29, 1.82) is 0 Å². The molecule has 3 rings (SSSR count). The molecule has 0 aromatic heterocycles. The van der Waals surface area contributed by atoms with E-state index in [4.69, 9.17) is 5.11 Å². The molecule has 0 amide bonds. The number of piperidine rings is 1. The van der Waals surface area contributed by atoms with Crippen molar-refractivity contribution in [2.24, 2.45) is 11.3 Å². The van der Waals surface area contributed by atoms with Gasteiger partial charge in [-0.3, -0.25) is 9.69 Å². The third-order valence-corrected chi connectivity index (χ3v) is 4.69. The molecule has 1 aromatic rings. The second kappa shape index (κ2) is 4.60. The summed E-state index contributed by atoms with van der Waals surface area (Å²) < 4.78 is 13.6. The van der Waals surface area contributed by atoms with Gasteiger partial charge in [-0.05, 0) is 43.8 Å². The lowest BCUT2D eigenvalue weighted by Gasteiger charge is -2.32. The minimum atomic E-state index is -0.650. The molecule has 1 aliphatic carbocycles. The Balaban J connectivity index is 1.57. The molecule has 1 spiro atoms. The highest BCUT2D eigenvalue weighted by atomic mass is 19.1. The van der Waals surface area contributed by atoms with Gasteiger partial charge in [-0.15, -0.1) is 0 Å². The summed E-state index contributed by atoms with van der Waals surface area (Å²) in [5.41, 5.74) is 0.779. The minimum Gasteiger partial charge on any atom is -0.481 e. The topological polar surface area (TPSA) is 40.5 Å². The van der Waals surface area contributed by atoms with E-state index in [2.05, 4.69) is 4.90 Å². The lowest BCUT2D eigenvalue weighted by Crippen LogP contribution is -2.35. The number of carboxylic acids is 1. The van der Waals surface area contributed by atoms with Crippen LogP contribution in [-0.4, -0.2) is 29.1 Å². The van der Waals surface area contributed by atoms with Gasteiger partial charge in [0.15, 0.2) is 0 Å². The summed E-state index contributed by atoms with van der Waals surface area (Å²) >= 11 is 0. The number of halogens is 1. The first-order valence-corrected chi connectivity index (χ1v) is 6.79. The van der Waals surface area contributed by atoms with Crippen LogP contribution in [0.4, 0.5) is 4.39 Å². The van der Waals surface area contributed by atoms with Crippen LogP contribution in [0.1, 0.15) is 24.8 Å². The summed E-state index contributed by atoms with van der Waals surface area (Å²) in [5, 5.41) is 9.05. The van der Waals surface area contributed by atoms with Gasteiger partial charge in [0.05, 0.1) is 5.92 Å². The molecule has 1 aliphatic heterocycles. The molecule has 2 aliphatic rings. The van der Waals surface area contributed by atoms with Gasteiger partial charge in [0.25, 0.3) is 0 Å². The standard InChI is InChI=1S/C15H18FNO2/c16-13-4-2-1-3-11(13)10-17-7-5-15(6-8-17)9-12(15)14(18)19/h1-4,12H,5-10H2,(H,18,19). The SMILES string of the molecule is O=C(O)C1CC12CCN(Cc1ccccc1F)CC2. The Morgan fingerprint density at radius 1 is 1.37 bits per heavy atom. The maximum atomic E-state index is 13.6. The zero-order valence-corrected chi connectivity index (χ0v) is 10.8. The molecular weight excluding hydrogens is 245 g/mol. The summed E-state index contributed by atoms with van der Waals surface area (Å²) in [4.78, 5) is 13.2. The normalized spacial score (nSPS) is 25.4. The van der Waals surface area contributed by atoms with Crippen LogP contribution in [0.3, 0.4) is 0 Å². The molecule has 4 heteroatoms. The van der Waals surface area contributed by atoms with Gasteiger partial charge < -0.3 is 5.11 Å². The van der Waals surface area contributed by atoms with Gasteiger partial charge in [-0.1, -0.05) is 18.2 Å². The molecule has 3 nitrogen and oxygen atoms in total. The van der Waals surface area contributed by atoms with Crippen molar-refractivity contribution in [2.75, 3.05) is 13.1 Å². The van der Waals surface area contributed by atoms with Crippen molar-refractivity contribution in [2.45, 2.75) is 25.8 Å². The van der Waals surface area contributed by atoms with E-state index < -0.39 is 5.97 Å². The largest absolute Gasteiger partial charge is 0.481 e. The number of hydrogen-bond acceptors (Lipinski definition) is 2. The van der Waals surface area contributed by atoms with E-state index in [1.54, 1.807) is 6.07 Å². The van der Waals surface area contributed by atoms with Crippen LogP contribution in [0.25, 0.3) is 0 Å². The van der Waals surface area contributed by atoms with E-state index in [0.717, 1.165) is 37.9 Å². The van der Waals surface area contributed by atoms with E-state index in [1.165, 1.54) is 6.07 Å². The highest BCUT2D eigenvalue weighted by Gasteiger charge is 2.58. The van der Waals surface area contributed by atoms with Crippen molar-refractivity contribution in [3.63, 3.8) is 0 Å². The number of rotatable bonds is 3. The molecule has 1 atom stereocenters. The first-order chi connectivity index (χ1) is 9.11. The molecule has 1 saturated heterocycles. The molecule has 2 fully saturated rings. The summed E-state index contributed by atoms with van der Waals surface area (Å²) in [6.45, 7) is 2.37. The maximum absolute atomic E-state index is 13.6. The molecule has 1 N–H and O–H groups in total. The van der Waals surface area contributed by atoms with Crippen molar-refractivity contribution < 1.29 is 14.3 Å². The van der Waals surface area contributed by atoms with Crippen molar-refractivity contribution in [1.82, 2.24) is 4.90 Å². The fraction of sp³-hybridized carbons (Fsp3) is 0.533. The fourth-order valence-electron chi connectivity index (χ4n) is 3.27. The summed E-state index contributed by atoms with van der Waals surface area (Å²) in [7, 11) is 0. The fourth-order valence-corrected chi connectivity index (χ4v) is 3.27. The minimum absolute atomic E-state index is 0.0531. The molecule has 102 valence electrons. The van der Waals surface area contributed by atoms with Gasteiger partial charge in [0.1, 0.15) is 5.82 Å². The Kier molecular flexibility index (Phi) is 3.05. The van der Waals surface area contributed by atoms with E-state index in [9.17, 15) is 9.18 Å². The van der Waals surface area contributed by atoms with Gasteiger partial charge in [0, 0.05) is 12.1 Å². The number of hydrogen-bond donors (Lipinski definition) is 1. The van der Waals surface area contributed by atoms with Gasteiger partial charge >= 0.3 is 5.97 Å². The molecule has 0 radical (unpaired) electrons. The molecule has 1 aromatic carbocycles. The Morgan fingerprint density at radius 2 is 2.05 bits per heavy atom. The van der Waals surface area contributed by atoms with Crippen molar-refractivity contribution in [3.05, 3.63) is 35.6 Å². The lowest BCUT2D eigenvalue weighted by molar-refractivity contribution is -0.139. The Hall–Kier alpha value is -1.42. The van der Waals surface area contributed by atoms with Crippen LogP contribution in [0.5, 0.6) is 0 Å². The zero-order valence-electron chi connectivity index (χ0n) is 10.8. The molecular formula is C15H18FNO2. The molecule has 1 unspecified atom stereocenters. The quantitative estimate of drug-likeness (QED) is 0.911.